The van der Waals surface area contributed by atoms with Crippen molar-refractivity contribution in [2.75, 3.05) is 25.0 Å². The third-order valence-electron chi connectivity index (χ3n) is 5.07. The van der Waals surface area contributed by atoms with E-state index in [1.807, 2.05) is 24.3 Å². The van der Waals surface area contributed by atoms with Crippen LogP contribution in [-0.2, 0) is 4.74 Å². The van der Waals surface area contributed by atoms with Gasteiger partial charge in [0.15, 0.2) is 0 Å². The van der Waals surface area contributed by atoms with Gasteiger partial charge in [0.25, 0.3) is 0 Å². The number of hydrogen-bond donors (Lipinski definition) is 1. The van der Waals surface area contributed by atoms with E-state index in [9.17, 15) is 4.79 Å². The normalized spacial score (nSPS) is 20.0. The first-order valence-corrected chi connectivity index (χ1v) is 10.1. The molecular weight excluding hydrogens is 328 g/mol. The Kier molecular flexibility index (Phi) is 8.75. The van der Waals surface area contributed by atoms with E-state index in [4.69, 9.17) is 9.47 Å². The Labute approximate surface area is 158 Å². The molecule has 26 heavy (non-hydrogen) atoms. The molecule has 1 saturated carbocycles. The molecule has 5 heteroatoms. The van der Waals surface area contributed by atoms with E-state index in [0.29, 0.717) is 6.04 Å². The van der Waals surface area contributed by atoms with Gasteiger partial charge in [-0.25, -0.2) is 4.79 Å². The molecule has 5 nitrogen and oxygen atoms in total. The minimum Gasteiger partial charge on any atom is -0.494 e. The molecule has 2 atom stereocenters. The Balaban J connectivity index is 1.86. The van der Waals surface area contributed by atoms with Gasteiger partial charge in [0.1, 0.15) is 11.9 Å². The van der Waals surface area contributed by atoms with Gasteiger partial charge in [-0.3, -0.25) is 10.2 Å². The largest absolute Gasteiger partial charge is 0.494 e. The summed E-state index contributed by atoms with van der Waals surface area (Å²) in [6, 6.07) is 7.80. The summed E-state index contributed by atoms with van der Waals surface area (Å²) in [7, 11) is 0. The van der Waals surface area contributed by atoms with Crippen LogP contribution in [0.4, 0.5) is 10.5 Å². The summed E-state index contributed by atoms with van der Waals surface area (Å²) < 4.78 is 11.4. The Bertz CT molecular complexity index is 529. The van der Waals surface area contributed by atoms with Crippen molar-refractivity contribution in [3.05, 3.63) is 24.3 Å². The number of ether oxygens (including phenoxy) is 2. The minimum atomic E-state index is -0.367. The van der Waals surface area contributed by atoms with Gasteiger partial charge in [0.05, 0.1) is 6.61 Å². The molecule has 1 aromatic rings. The van der Waals surface area contributed by atoms with Crippen molar-refractivity contribution >= 4 is 11.8 Å². The average Bonchev–Trinajstić information content (AvgIpc) is 2.65. The number of carbonyl (C=O) groups excluding carboxylic acids is 1. The van der Waals surface area contributed by atoms with Gasteiger partial charge in [0, 0.05) is 11.7 Å². The van der Waals surface area contributed by atoms with Crippen molar-refractivity contribution in [2.45, 2.75) is 71.4 Å². The molecule has 1 aromatic carbocycles. The highest BCUT2D eigenvalue weighted by Crippen LogP contribution is 2.26. The van der Waals surface area contributed by atoms with E-state index in [0.717, 1.165) is 63.2 Å². The second-order valence-electron chi connectivity index (χ2n) is 6.87. The van der Waals surface area contributed by atoms with Crippen LogP contribution in [0.5, 0.6) is 5.75 Å². The van der Waals surface area contributed by atoms with Crippen molar-refractivity contribution in [3.63, 3.8) is 0 Å². The number of nitrogens with one attached hydrogen (secondary N) is 1. The van der Waals surface area contributed by atoms with Gasteiger partial charge in [0.2, 0.25) is 0 Å². The second-order valence-corrected chi connectivity index (χ2v) is 6.87. The number of nitrogens with zero attached hydrogens (tertiary/aromatic N) is 1. The highest BCUT2D eigenvalue weighted by atomic mass is 16.6. The van der Waals surface area contributed by atoms with Crippen LogP contribution >= 0.6 is 0 Å². The van der Waals surface area contributed by atoms with Gasteiger partial charge < -0.3 is 9.47 Å². The molecule has 1 aliphatic carbocycles. The molecule has 1 amide bonds. The smallest absolute Gasteiger partial charge is 0.411 e. The molecule has 0 bridgehead atoms. The Morgan fingerprint density at radius 3 is 2.46 bits per heavy atom. The zero-order valence-corrected chi connectivity index (χ0v) is 16.5. The Morgan fingerprint density at radius 2 is 1.81 bits per heavy atom. The molecule has 1 fully saturated rings. The number of amides is 1. The Morgan fingerprint density at radius 1 is 1.12 bits per heavy atom. The fraction of sp³-hybridized carbons (Fsp3) is 0.667. The first-order valence-electron chi connectivity index (χ1n) is 10.1. The fourth-order valence-corrected chi connectivity index (χ4v) is 3.58. The van der Waals surface area contributed by atoms with Crippen LogP contribution in [0.1, 0.15) is 59.3 Å². The van der Waals surface area contributed by atoms with E-state index in [1.165, 1.54) is 6.42 Å². The van der Waals surface area contributed by atoms with E-state index in [-0.39, 0.29) is 12.2 Å². The lowest BCUT2D eigenvalue weighted by atomic mass is 9.91. The maximum Gasteiger partial charge on any atom is 0.411 e. The molecule has 2 unspecified atom stereocenters. The molecular formula is C21H34N2O3. The van der Waals surface area contributed by atoms with Crippen LogP contribution < -0.4 is 10.1 Å². The van der Waals surface area contributed by atoms with E-state index < -0.39 is 0 Å². The van der Waals surface area contributed by atoms with Crippen LogP contribution in [-0.4, -0.2) is 42.8 Å². The minimum absolute atomic E-state index is 0.0275. The summed E-state index contributed by atoms with van der Waals surface area (Å²) in [5.41, 5.74) is 0.730. The van der Waals surface area contributed by atoms with Gasteiger partial charge in [-0.2, -0.15) is 0 Å². The Hall–Kier alpha value is -1.75. The van der Waals surface area contributed by atoms with Crippen LogP contribution in [0.2, 0.25) is 0 Å². The number of likely N-dealkylation sites (N-methyl/N-ethyl adjacent to an activating group) is 1. The number of anilines is 1. The van der Waals surface area contributed by atoms with Crippen LogP contribution in [0.25, 0.3) is 0 Å². The van der Waals surface area contributed by atoms with Gasteiger partial charge in [-0.1, -0.05) is 33.6 Å². The van der Waals surface area contributed by atoms with Crippen LogP contribution in [0, 0.1) is 0 Å². The maximum absolute atomic E-state index is 12.3. The zero-order valence-electron chi connectivity index (χ0n) is 16.5. The number of benzene rings is 1. The SMILES string of the molecule is CCCCOc1ccc(NC(=O)OC2CCCCC2N(CC)CC)cc1. The lowest BCUT2D eigenvalue weighted by Crippen LogP contribution is -2.47. The van der Waals surface area contributed by atoms with E-state index in [1.54, 1.807) is 0 Å². The lowest BCUT2D eigenvalue weighted by molar-refractivity contribution is 0.0125. The fourth-order valence-electron chi connectivity index (χ4n) is 3.58. The van der Waals surface area contributed by atoms with Crippen molar-refractivity contribution < 1.29 is 14.3 Å². The molecule has 0 aromatic heterocycles. The average molecular weight is 363 g/mol. The second kappa shape index (κ2) is 11.1. The summed E-state index contributed by atoms with van der Waals surface area (Å²) in [4.78, 5) is 14.7. The molecule has 146 valence electrons. The quantitative estimate of drug-likeness (QED) is 0.623. The van der Waals surface area contributed by atoms with Gasteiger partial charge >= 0.3 is 6.09 Å². The highest BCUT2D eigenvalue weighted by molar-refractivity contribution is 5.84. The van der Waals surface area contributed by atoms with E-state index >= 15 is 0 Å². The number of unbranched alkanes of at least 4 members (excludes halogenated alkanes) is 1. The molecule has 1 N–H and O–H groups in total. The first-order chi connectivity index (χ1) is 12.7. The molecule has 0 spiro atoms. The van der Waals surface area contributed by atoms with Crippen LogP contribution in [0.15, 0.2) is 24.3 Å². The number of rotatable bonds is 9. The molecule has 0 saturated heterocycles. The van der Waals surface area contributed by atoms with Crippen LogP contribution in [0.3, 0.4) is 0 Å². The van der Waals surface area contributed by atoms with Crippen molar-refractivity contribution in [1.29, 1.82) is 0 Å². The summed E-state index contributed by atoms with van der Waals surface area (Å²) in [5.74, 6) is 0.825. The number of hydrogen-bond acceptors (Lipinski definition) is 4. The van der Waals surface area contributed by atoms with Crippen molar-refractivity contribution in [1.82, 2.24) is 4.90 Å². The zero-order chi connectivity index (χ0) is 18.8. The summed E-state index contributed by atoms with van der Waals surface area (Å²) >= 11 is 0. The molecule has 1 aliphatic rings. The van der Waals surface area contributed by atoms with Gasteiger partial charge in [-0.15, -0.1) is 0 Å². The molecule has 2 rings (SSSR count). The van der Waals surface area contributed by atoms with Gasteiger partial charge in [-0.05, 0) is 63.0 Å². The monoisotopic (exact) mass is 362 g/mol. The van der Waals surface area contributed by atoms with Crippen molar-refractivity contribution in [2.24, 2.45) is 0 Å². The number of carbonyl (C=O) groups is 1. The summed E-state index contributed by atoms with van der Waals surface area (Å²) in [5, 5.41) is 2.84. The summed E-state index contributed by atoms with van der Waals surface area (Å²) in [6.45, 7) is 9.17. The third kappa shape index (κ3) is 6.20. The molecule has 0 aliphatic heterocycles. The highest BCUT2D eigenvalue weighted by Gasteiger charge is 2.31. The molecule has 0 radical (unpaired) electrons. The lowest BCUT2D eigenvalue weighted by Gasteiger charge is -2.38. The first kappa shape index (κ1) is 20.6. The topological polar surface area (TPSA) is 50.8 Å². The molecule has 0 heterocycles. The van der Waals surface area contributed by atoms with Crippen molar-refractivity contribution in [3.8, 4) is 5.75 Å². The van der Waals surface area contributed by atoms with E-state index in [2.05, 4.69) is 31.0 Å². The maximum atomic E-state index is 12.3. The third-order valence-corrected chi connectivity index (χ3v) is 5.07. The summed E-state index contributed by atoms with van der Waals surface area (Å²) in [6.07, 6.45) is 6.14. The predicted octanol–water partition coefficient (Wildman–Crippen LogP) is 5.07. The predicted molar refractivity (Wildman–Crippen MR) is 106 cm³/mol. The standard InChI is InChI=1S/C21H34N2O3/c1-4-7-16-25-18-14-12-17(13-15-18)22-21(24)26-20-11-9-8-10-19(20)23(5-2)6-3/h12-15,19-20H,4-11,16H2,1-3H3,(H,22,24).